The molecule has 236 valence electrons. The van der Waals surface area contributed by atoms with Crippen LogP contribution in [0.2, 0.25) is 0 Å². The lowest BCUT2D eigenvalue weighted by molar-refractivity contribution is -0.167. The maximum Gasteiger partial charge on any atom is 0.408 e. The number of likely N-dealkylation sites (tertiary alicyclic amines) is 1. The van der Waals surface area contributed by atoms with E-state index in [9.17, 15) is 24.0 Å². The Balaban J connectivity index is 1.60. The smallest absolute Gasteiger partial charge is 0.408 e. The summed E-state index contributed by atoms with van der Waals surface area (Å²) in [5, 5.41) is 8.82. The molecule has 4 rings (SSSR count). The van der Waals surface area contributed by atoms with Gasteiger partial charge in [-0.2, -0.15) is 0 Å². The Hall–Kier alpha value is -2.85. The zero-order valence-corrected chi connectivity index (χ0v) is 26.9. The maximum absolute atomic E-state index is 14.2. The average Bonchev–Trinajstić information content (AvgIpc) is 3.64. The molecule has 3 saturated carbocycles. The number of piperidine rings is 1. The summed E-state index contributed by atoms with van der Waals surface area (Å²) in [6.07, 6.45) is 0.820. The minimum absolute atomic E-state index is 0.0589. The second kappa shape index (κ2) is 10.7. The molecule has 4 amide bonds. The van der Waals surface area contributed by atoms with Gasteiger partial charge in [0, 0.05) is 19.5 Å². The van der Waals surface area contributed by atoms with Crippen LogP contribution in [0, 0.1) is 28.6 Å². The van der Waals surface area contributed by atoms with Crippen molar-refractivity contribution in [2.75, 3.05) is 6.54 Å². The number of carbonyl (C=O) groups is 5. The molecule has 0 aromatic heterocycles. The van der Waals surface area contributed by atoms with Crippen LogP contribution >= 0.6 is 0 Å². The number of esters is 1. The van der Waals surface area contributed by atoms with Gasteiger partial charge in [-0.1, -0.05) is 41.5 Å². The van der Waals surface area contributed by atoms with Crippen LogP contribution in [0.25, 0.3) is 0 Å². The van der Waals surface area contributed by atoms with E-state index in [-0.39, 0.29) is 41.0 Å². The minimum atomic E-state index is -1.17. The molecular weight excluding hydrogens is 540 g/mol. The Bertz CT molecular complexity index is 1130. The topological polar surface area (TPSA) is 143 Å². The Morgan fingerprint density at radius 1 is 0.976 bits per heavy atom. The molecule has 0 aromatic carbocycles. The lowest BCUT2D eigenvalue weighted by Crippen LogP contribution is -2.70. The van der Waals surface area contributed by atoms with Crippen LogP contribution in [0.5, 0.6) is 0 Å². The van der Waals surface area contributed by atoms with Crippen molar-refractivity contribution in [3.8, 4) is 0 Å². The molecule has 0 bridgehead atoms. The van der Waals surface area contributed by atoms with Gasteiger partial charge in [0.05, 0.1) is 5.54 Å². The number of ether oxygens (including phenoxy) is 2. The fourth-order valence-corrected chi connectivity index (χ4v) is 7.03. The summed E-state index contributed by atoms with van der Waals surface area (Å²) in [5.74, 6) is -1.46. The number of amides is 4. The maximum atomic E-state index is 14.2. The van der Waals surface area contributed by atoms with E-state index in [1.807, 2.05) is 27.7 Å². The van der Waals surface area contributed by atoms with Crippen LogP contribution in [0.1, 0.15) is 94.9 Å². The van der Waals surface area contributed by atoms with Crippen LogP contribution in [-0.2, 0) is 28.7 Å². The molecular formula is C31H50N4O7. The summed E-state index contributed by atoms with van der Waals surface area (Å²) in [6.45, 7) is 18.7. The van der Waals surface area contributed by atoms with E-state index in [1.54, 1.807) is 25.7 Å². The third-order valence-electron chi connectivity index (χ3n) is 9.28. The van der Waals surface area contributed by atoms with Gasteiger partial charge in [0.2, 0.25) is 17.9 Å². The third-order valence-corrected chi connectivity index (χ3v) is 9.28. The predicted octanol–water partition coefficient (Wildman–Crippen LogP) is 2.90. The van der Waals surface area contributed by atoms with Crippen LogP contribution < -0.4 is 16.0 Å². The van der Waals surface area contributed by atoms with Crippen molar-refractivity contribution < 1.29 is 33.4 Å². The molecule has 42 heavy (non-hydrogen) atoms. The van der Waals surface area contributed by atoms with Gasteiger partial charge in [0.25, 0.3) is 5.91 Å². The largest absolute Gasteiger partial charge is 0.450 e. The number of fused-ring (bicyclic) bond motifs is 1. The highest BCUT2D eigenvalue weighted by molar-refractivity contribution is 5.94. The van der Waals surface area contributed by atoms with Gasteiger partial charge in [-0.3, -0.25) is 19.2 Å². The SMILES string of the molecule is CC(=O)OC(C(=O)NC1CC1)C1(NC(=O)[C@@H]2[C@@H]3[C@H](CN2C(=O)[C@@H](NC(=O)OC(C)(C)C)C(C)(C)C)C3(C)C)CC(C)C1. The van der Waals surface area contributed by atoms with E-state index in [0.717, 1.165) is 12.8 Å². The van der Waals surface area contributed by atoms with E-state index in [0.29, 0.717) is 19.4 Å². The van der Waals surface area contributed by atoms with Crippen molar-refractivity contribution in [1.82, 2.24) is 20.9 Å². The normalized spacial score (nSPS) is 31.0. The summed E-state index contributed by atoms with van der Waals surface area (Å²) in [6, 6.07) is -1.66. The molecule has 4 fully saturated rings. The van der Waals surface area contributed by atoms with E-state index in [4.69, 9.17) is 9.47 Å². The van der Waals surface area contributed by atoms with Crippen LogP contribution in [0.4, 0.5) is 4.79 Å². The van der Waals surface area contributed by atoms with Crippen LogP contribution in [0.3, 0.4) is 0 Å². The molecule has 3 N–H and O–H groups in total. The number of hydrogen-bond donors (Lipinski definition) is 3. The average molecular weight is 591 g/mol. The zero-order chi connectivity index (χ0) is 31.6. The Morgan fingerprint density at radius 2 is 1.57 bits per heavy atom. The Morgan fingerprint density at radius 3 is 2.05 bits per heavy atom. The summed E-state index contributed by atoms with van der Waals surface area (Å²) in [4.78, 5) is 68.1. The molecule has 11 heteroatoms. The van der Waals surface area contributed by atoms with Crippen LogP contribution in [-0.4, -0.2) is 76.6 Å². The highest BCUT2D eigenvalue weighted by Crippen LogP contribution is 2.65. The van der Waals surface area contributed by atoms with Gasteiger partial charge in [-0.25, -0.2) is 4.79 Å². The fourth-order valence-electron chi connectivity index (χ4n) is 7.03. The number of carbonyl (C=O) groups excluding carboxylic acids is 5. The van der Waals surface area contributed by atoms with Gasteiger partial charge >= 0.3 is 12.1 Å². The van der Waals surface area contributed by atoms with Crippen molar-refractivity contribution in [1.29, 1.82) is 0 Å². The molecule has 1 unspecified atom stereocenters. The molecule has 1 saturated heterocycles. The highest BCUT2D eigenvalue weighted by Gasteiger charge is 2.70. The quantitative estimate of drug-likeness (QED) is 0.369. The van der Waals surface area contributed by atoms with E-state index in [1.165, 1.54) is 6.92 Å². The lowest BCUT2D eigenvalue weighted by atomic mass is 9.65. The molecule has 1 heterocycles. The van der Waals surface area contributed by atoms with Crippen molar-refractivity contribution in [2.45, 2.75) is 130 Å². The number of rotatable bonds is 8. The number of nitrogens with one attached hydrogen (secondary N) is 3. The van der Waals surface area contributed by atoms with Crippen molar-refractivity contribution in [3.63, 3.8) is 0 Å². The number of nitrogens with zero attached hydrogens (tertiary/aromatic N) is 1. The number of hydrogen-bond acceptors (Lipinski definition) is 7. The minimum Gasteiger partial charge on any atom is -0.450 e. The van der Waals surface area contributed by atoms with Crippen molar-refractivity contribution >= 4 is 29.8 Å². The number of alkyl carbamates (subject to hydrolysis) is 1. The standard InChI is InChI=1S/C31H50N4O7/c1-16-13-31(14-16,23(41-17(2)36)25(38)32-18-11-12-18)34-24(37)21-20-19(30(20,9)10)15-35(21)26(39)22(28(3,4)5)33-27(40)42-29(6,7)8/h16,18-23H,11-15H2,1-10H3,(H,32,38)(H,33,40)(H,34,37)/t16?,19-,20-,21-,22+,23?,31?/m0/s1. The molecule has 3 aliphatic carbocycles. The monoisotopic (exact) mass is 590 g/mol. The summed E-state index contributed by atoms with van der Waals surface area (Å²) in [7, 11) is 0. The van der Waals surface area contributed by atoms with E-state index in [2.05, 4.69) is 29.8 Å². The van der Waals surface area contributed by atoms with Gasteiger partial charge in [-0.05, 0) is 75.0 Å². The molecule has 0 radical (unpaired) electrons. The highest BCUT2D eigenvalue weighted by atomic mass is 16.6. The molecule has 0 spiro atoms. The summed E-state index contributed by atoms with van der Waals surface area (Å²) < 4.78 is 11.0. The van der Waals surface area contributed by atoms with E-state index >= 15 is 0 Å². The Kier molecular flexibility index (Phi) is 8.17. The van der Waals surface area contributed by atoms with Gasteiger partial charge in [-0.15, -0.1) is 0 Å². The molecule has 1 aliphatic heterocycles. The third kappa shape index (κ3) is 6.54. The first-order valence-electron chi connectivity index (χ1n) is 15.3. The lowest BCUT2D eigenvalue weighted by Gasteiger charge is -2.50. The molecule has 11 nitrogen and oxygen atoms in total. The first-order valence-corrected chi connectivity index (χ1v) is 15.3. The van der Waals surface area contributed by atoms with Crippen LogP contribution in [0.15, 0.2) is 0 Å². The van der Waals surface area contributed by atoms with Gasteiger partial charge in [0.1, 0.15) is 17.7 Å². The Labute approximate surface area is 249 Å². The molecule has 5 atom stereocenters. The fraction of sp³-hybridized carbons (Fsp3) is 0.839. The van der Waals surface area contributed by atoms with Crippen molar-refractivity contribution in [3.05, 3.63) is 0 Å². The van der Waals surface area contributed by atoms with Crippen molar-refractivity contribution in [2.24, 2.45) is 28.6 Å². The first kappa shape index (κ1) is 32.1. The first-order chi connectivity index (χ1) is 19.2. The van der Waals surface area contributed by atoms with E-state index < -0.39 is 52.7 Å². The summed E-state index contributed by atoms with van der Waals surface area (Å²) >= 11 is 0. The van der Waals surface area contributed by atoms with Gasteiger partial charge < -0.3 is 30.3 Å². The molecule has 4 aliphatic rings. The van der Waals surface area contributed by atoms with Gasteiger partial charge in [0.15, 0.2) is 0 Å². The molecule has 0 aromatic rings. The second-order valence-electron chi connectivity index (χ2n) is 15.8. The summed E-state index contributed by atoms with van der Waals surface area (Å²) in [5.41, 5.74) is -2.61. The predicted molar refractivity (Wildman–Crippen MR) is 155 cm³/mol. The zero-order valence-electron chi connectivity index (χ0n) is 26.9. The second-order valence-corrected chi connectivity index (χ2v) is 15.8.